The van der Waals surface area contributed by atoms with E-state index in [1.807, 2.05) is 13.8 Å². The van der Waals surface area contributed by atoms with E-state index in [0.29, 0.717) is 30.2 Å². The van der Waals surface area contributed by atoms with Gasteiger partial charge in [-0.15, -0.1) is 0 Å². The normalized spacial score (nSPS) is 11.9. The quantitative estimate of drug-likeness (QED) is 0.751. The summed E-state index contributed by atoms with van der Waals surface area (Å²) in [6.07, 6.45) is 0. The molecule has 0 aliphatic heterocycles. The van der Waals surface area contributed by atoms with Crippen molar-refractivity contribution >= 4 is 11.6 Å². The van der Waals surface area contributed by atoms with E-state index in [9.17, 15) is 4.79 Å². The van der Waals surface area contributed by atoms with Gasteiger partial charge in [0.05, 0.1) is 13.2 Å². The largest absolute Gasteiger partial charge is 0.493 e. The number of ether oxygens (including phenoxy) is 2. The van der Waals surface area contributed by atoms with Gasteiger partial charge in [0.25, 0.3) is 5.91 Å². The number of anilines is 1. The number of benzene rings is 1. The van der Waals surface area contributed by atoms with Gasteiger partial charge in [-0.05, 0) is 26.0 Å². The van der Waals surface area contributed by atoms with Crippen LogP contribution in [0, 0.1) is 0 Å². The first-order chi connectivity index (χ1) is 8.60. The lowest BCUT2D eigenvalue weighted by atomic mass is 10.1. The monoisotopic (exact) mass is 252 g/mol. The zero-order chi connectivity index (χ0) is 13.5. The first-order valence-corrected chi connectivity index (χ1v) is 5.91. The van der Waals surface area contributed by atoms with Gasteiger partial charge in [0.15, 0.2) is 0 Å². The number of hydrogen-bond acceptors (Lipinski definition) is 4. The second-order valence-corrected chi connectivity index (χ2v) is 3.98. The van der Waals surface area contributed by atoms with E-state index in [0.717, 1.165) is 0 Å². The number of nitrogens with one attached hydrogen (secondary N) is 1. The summed E-state index contributed by atoms with van der Waals surface area (Å²) in [5.41, 5.74) is 6.61. The number of nitrogen functional groups attached to an aromatic ring is 1. The van der Waals surface area contributed by atoms with Crippen LogP contribution in [0.15, 0.2) is 18.2 Å². The van der Waals surface area contributed by atoms with Gasteiger partial charge in [-0.25, -0.2) is 0 Å². The fraction of sp³-hybridized carbons (Fsp3) is 0.462. The summed E-state index contributed by atoms with van der Waals surface area (Å²) in [4.78, 5) is 12.1. The van der Waals surface area contributed by atoms with Gasteiger partial charge in [0, 0.05) is 18.8 Å². The molecule has 1 unspecified atom stereocenters. The van der Waals surface area contributed by atoms with Crippen LogP contribution in [0.2, 0.25) is 0 Å². The van der Waals surface area contributed by atoms with Crippen LogP contribution in [0.5, 0.6) is 5.75 Å². The third-order valence-corrected chi connectivity index (χ3v) is 2.38. The molecule has 100 valence electrons. The van der Waals surface area contributed by atoms with Crippen LogP contribution in [0.1, 0.15) is 24.2 Å². The van der Waals surface area contributed by atoms with Crippen LogP contribution in [0.4, 0.5) is 5.69 Å². The Balaban J connectivity index is 2.90. The van der Waals surface area contributed by atoms with Gasteiger partial charge in [0.1, 0.15) is 11.3 Å². The molecule has 1 aromatic rings. The molecule has 0 saturated heterocycles. The fourth-order valence-electron chi connectivity index (χ4n) is 1.65. The zero-order valence-electron chi connectivity index (χ0n) is 11.0. The van der Waals surface area contributed by atoms with Crippen molar-refractivity contribution in [3.05, 3.63) is 23.8 Å². The standard InChI is InChI=1S/C13H20N2O3/c1-4-18-11-7-5-6-10(14)12(11)13(16)15-9(2)8-17-3/h5-7,9H,4,8,14H2,1-3H3,(H,15,16). The molecule has 1 aromatic carbocycles. The molecular weight excluding hydrogens is 232 g/mol. The molecule has 0 heterocycles. The van der Waals surface area contributed by atoms with Gasteiger partial charge in [0.2, 0.25) is 0 Å². The van der Waals surface area contributed by atoms with Crippen molar-refractivity contribution in [2.24, 2.45) is 0 Å². The van der Waals surface area contributed by atoms with Crippen LogP contribution in [-0.4, -0.2) is 32.3 Å². The third-order valence-electron chi connectivity index (χ3n) is 2.38. The molecule has 0 bridgehead atoms. The summed E-state index contributed by atoms with van der Waals surface area (Å²) in [6.45, 7) is 4.65. The number of amides is 1. The molecule has 18 heavy (non-hydrogen) atoms. The Morgan fingerprint density at radius 2 is 2.22 bits per heavy atom. The molecule has 3 N–H and O–H groups in total. The Morgan fingerprint density at radius 3 is 2.83 bits per heavy atom. The topological polar surface area (TPSA) is 73.6 Å². The highest BCUT2D eigenvalue weighted by Gasteiger charge is 2.17. The van der Waals surface area contributed by atoms with Crippen molar-refractivity contribution in [2.75, 3.05) is 26.1 Å². The summed E-state index contributed by atoms with van der Waals surface area (Å²) in [6, 6.07) is 5.08. The minimum Gasteiger partial charge on any atom is -0.493 e. The first kappa shape index (κ1) is 14.3. The van der Waals surface area contributed by atoms with E-state index in [-0.39, 0.29) is 11.9 Å². The van der Waals surface area contributed by atoms with Crippen LogP contribution < -0.4 is 15.8 Å². The van der Waals surface area contributed by atoms with E-state index < -0.39 is 0 Å². The van der Waals surface area contributed by atoms with Gasteiger partial charge in [-0.2, -0.15) is 0 Å². The average Bonchev–Trinajstić information content (AvgIpc) is 2.29. The smallest absolute Gasteiger partial charge is 0.257 e. The molecule has 5 heteroatoms. The molecule has 0 aliphatic rings. The number of methoxy groups -OCH3 is 1. The highest BCUT2D eigenvalue weighted by Crippen LogP contribution is 2.24. The second kappa shape index (κ2) is 6.86. The molecule has 0 aromatic heterocycles. The zero-order valence-corrected chi connectivity index (χ0v) is 11.0. The van der Waals surface area contributed by atoms with Crippen molar-refractivity contribution < 1.29 is 14.3 Å². The van der Waals surface area contributed by atoms with E-state index >= 15 is 0 Å². The lowest BCUT2D eigenvalue weighted by Gasteiger charge is -2.16. The molecule has 0 saturated carbocycles. The van der Waals surface area contributed by atoms with Crippen molar-refractivity contribution in [1.29, 1.82) is 0 Å². The Labute approximate surface area is 107 Å². The van der Waals surface area contributed by atoms with E-state index in [2.05, 4.69) is 5.32 Å². The Kier molecular flexibility index (Phi) is 5.45. The molecule has 0 spiro atoms. The Hall–Kier alpha value is -1.75. The highest BCUT2D eigenvalue weighted by atomic mass is 16.5. The molecule has 1 atom stereocenters. The minimum atomic E-state index is -0.249. The number of rotatable bonds is 6. The number of nitrogens with two attached hydrogens (primary N) is 1. The SMILES string of the molecule is CCOc1cccc(N)c1C(=O)NC(C)COC. The number of carbonyl (C=O) groups excluding carboxylic acids is 1. The van der Waals surface area contributed by atoms with Crippen molar-refractivity contribution in [3.63, 3.8) is 0 Å². The first-order valence-electron chi connectivity index (χ1n) is 5.91. The fourth-order valence-corrected chi connectivity index (χ4v) is 1.65. The van der Waals surface area contributed by atoms with Gasteiger partial charge in [-0.3, -0.25) is 4.79 Å². The van der Waals surface area contributed by atoms with Gasteiger partial charge < -0.3 is 20.5 Å². The van der Waals surface area contributed by atoms with Gasteiger partial charge >= 0.3 is 0 Å². The van der Waals surface area contributed by atoms with Crippen molar-refractivity contribution in [2.45, 2.75) is 19.9 Å². The lowest BCUT2D eigenvalue weighted by Crippen LogP contribution is -2.36. The van der Waals surface area contributed by atoms with Crippen molar-refractivity contribution in [1.82, 2.24) is 5.32 Å². The maximum Gasteiger partial charge on any atom is 0.257 e. The third kappa shape index (κ3) is 3.63. The van der Waals surface area contributed by atoms with Gasteiger partial charge in [-0.1, -0.05) is 6.07 Å². The Morgan fingerprint density at radius 1 is 1.50 bits per heavy atom. The molecular formula is C13H20N2O3. The molecule has 1 rings (SSSR count). The molecule has 1 amide bonds. The minimum absolute atomic E-state index is 0.0865. The molecule has 0 radical (unpaired) electrons. The van der Waals surface area contributed by atoms with Crippen LogP contribution in [0.25, 0.3) is 0 Å². The highest BCUT2D eigenvalue weighted by molar-refractivity contribution is 6.02. The summed E-state index contributed by atoms with van der Waals surface area (Å²) < 4.78 is 10.4. The maximum atomic E-state index is 12.1. The lowest BCUT2D eigenvalue weighted by molar-refractivity contribution is 0.0903. The summed E-state index contributed by atoms with van der Waals surface area (Å²) in [7, 11) is 1.59. The van der Waals surface area contributed by atoms with Crippen LogP contribution in [-0.2, 0) is 4.74 Å². The van der Waals surface area contributed by atoms with E-state index in [1.54, 1.807) is 25.3 Å². The van der Waals surface area contributed by atoms with Crippen LogP contribution in [0.3, 0.4) is 0 Å². The predicted molar refractivity (Wildman–Crippen MR) is 70.8 cm³/mol. The molecule has 0 fully saturated rings. The van der Waals surface area contributed by atoms with Crippen molar-refractivity contribution in [3.8, 4) is 5.75 Å². The molecule has 5 nitrogen and oxygen atoms in total. The van der Waals surface area contributed by atoms with Crippen LogP contribution >= 0.6 is 0 Å². The number of hydrogen-bond donors (Lipinski definition) is 2. The Bertz CT molecular complexity index is 407. The van der Waals surface area contributed by atoms with E-state index in [1.165, 1.54) is 0 Å². The van der Waals surface area contributed by atoms with E-state index in [4.69, 9.17) is 15.2 Å². The maximum absolute atomic E-state index is 12.1. The second-order valence-electron chi connectivity index (χ2n) is 3.98. The summed E-state index contributed by atoms with van der Waals surface area (Å²) >= 11 is 0. The average molecular weight is 252 g/mol. The summed E-state index contributed by atoms with van der Waals surface area (Å²) in [5, 5.41) is 2.81. The predicted octanol–water partition coefficient (Wildman–Crippen LogP) is 1.43. The summed E-state index contributed by atoms with van der Waals surface area (Å²) in [5.74, 6) is 0.251. The number of carbonyl (C=O) groups is 1. The molecule has 0 aliphatic carbocycles.